The Morgan fingerprint density at radius 3 is 2.60 bits per heavy atom. The molecule has 1 N–H and O–H groups in total. The molecular weight excluding hydrogens is 631 g/mol. The second-order valence-electron chi connectivity index (χ2n) is 10.6. The van der Waals surface area contributed by atoms with Gasteiger partial charge in [-0.3, -0.25) is 14.5 Å². The van der Waals surface area contributed by atoms with Crippen LogP contribution < -0.4 is 14.2 Å². The molecule has 0 radical (unpaired) electrons. The molecule has 9 nitrogen and oxygen atoms in total. The van der Waals surface area contributed by atoms with Crippen molar-refractivity contribution in [3.63, 3.8) is 0 Å². The highest BCUT2D eigenvalue weighted by molar-refractivity contribution is 7.99. The van der Waals surface area contributed by atoms with E-state index in [9.17, 15) is 18.0 Å². The molecule has 1 amide bonds. The van der Waals surface area contributed by atoms with Gasteiger partial charge in [-0.25, -0.2) is 13.1 Å². The lowest BCUT2D eigenvalue weighted by molar-refractivity contribution is 0.0980. The standard InChI is InChI=1S/C33H31N3O6S3/c1-35-21-27(32(37)31-8-5-15-44-31)26-19-24(10-11-28(26)35)33(38)34-45(39,40)17-14-36(13-16-43-25-6-3-2-4-7-25)20-23-9-12-29-30(18-23)42-22-41-29/h2-12,15,18-19,21H,13-14,16-17,20,22H2,1H3,(H,34,38). The summed E-state index contributed by atoms with van der Waals surface area (Å²) in [6.45, 7) is 1.52. The smallest absolute Gasteiger partial charge is 0.264 e. The zero-order chi connectivity index (χ0) is 31.4. The molecule has 1 aliphatic rings. The number of thiophene rings is 1. The van der Waals surface area contributed by atoms with Gasteiger partial charge < -0.3 is 14.0 Å². The molecule has 0 bridgehead atoms. The molecule has 2 aromatic heterocycles. The zero-order valence-corrected chi connectivity index (χ0v) is 26.9. The van der Waals surface area contributed by atoms with E-state index in [-0.39, 0.29) is 30.4 Å². The number of fused-ring (bicyclic) bond motifs is 2. The molecule has 3 heterocycles. The van der Waals surface area contributed by atoms with Crippen molar-refractivity contribution in [1.82, 2.24) is 14.2 Å². The normalized spacial score (nSPS) is 12.6. The summed E-state index contributed by atoms with van der Waals surface area (Å²) in [5.41, 5.74) is 2.35. The lowest BCUT2D eigenvalue weighted by atomic mass is 10.1. The lowest BCUT2D eigenvalue weighted by Crippen LogP contribution is -2.38. The van der Waals surface area contributed by atoms with Crippen molar-refractivity contribution in [3.05, 3.63) is 112 Å². The lowest BCUT2D eigenvalue weighted by Gasteiger charge is -2.22. The Morgan fingerprint density at radius 1 is 0.978 bits per heavy atom. The van der Waals surface area contributed by atoms with Crippen molar-refractivity contribution >= 4 is 55.7 Å². The molecule has 0 unspecified atom stereocenters. The van der Waals surface area contributed by atoms with Gasteiger partial charge in [-0.2, -0.15) is 0 Å². The molecule has 3 aromatic carbocycles. The van der Waals surface area contributed by atoms with E-state index in [0.717, 1.165) is 21.7 Å². The third kappa shape index (κ3) is 7.42. The van der Waals surface area contributed by atoms with E-state index in [4.69, 9.17) is 9.47 Å². The Kier molecular flexibility index (Phi) is 9.27. The molecule has 0 fully saturated rings. The predicted molar refractivity (Wildman–Crippen MR) is 177 cm³/mol. The van der Waals surface area contributed by atoms with Gasteiger partial charge in [0.2, 0.25) is 22.6 Å². The second kappa shape index (κ2) is 13.5. The van der Waals surface area contributed by atoms with Crippen LogP contribution in [0.3, 0.4) is 0 Å². The molecule has 45 heavy (non-hydrogen) atoms. The minimum atomic E-state index is -3.98. The van der Waals surface area contributed by atoms with Crippen molar-refractivity contribution in [2.45, 2.75) is 11.4 Å². The van der Waals surface area contributed by atoms with Crippen LogP contribution in [0, 0.1) is 0 Å². The predicted octanol–water partition coefficient (Wildman–Crippen LogP) is 5.55. The number of ether oxygens (including phenoxy) is 2. The molecule has 5 aromatic rings. The number of aromatic nitrogens is 1. The Balaban J connectivity index is 1.14. The van der Waals surface area contributed by atoms with Crippen LogP contribution in [-0.2, 0) is 23.6 Å². The highest BCUT2D eigenvalue weighted by Gasteiger charge is 2.22. The summed E-state index contributed by atoms with van der Waals surface area (Å²) in [7, 11) is -2.15. The number of thioether (sulfide) groups is 1. The summed E-state index contributed by atoms with van der Waals surface area (Å²) in [4.78, 5) is 30.1. The van der Waals surface area contributed by atoms with Crippen LogP contribution in [-0.4, -0.2) is 61.0 Å². The molecule has 0 saturated carbocycles. The first-order valence-corrected chi connectivity index (χ1v) is 17.8. The monoisotopic (exact) mass is 661 g/mol. The SMILES string of the molecule is Cn1cc(C(=O)c2cccs2)c2cc(C(=O)NS(=O)(=O)CCN(CCSc3ccccc3)Cc3ccc4c(c3)OCO4)ccc21. The first-order valence-electron chi connectivity index (χ1n) is 14.3. The van der Waals surface area contributed by atoms with Crippen molar-refractivity contribution < 1.29 is 27.5 Å². The van der Waals surface area contributed by atoms with Gasteiger partial charge in [0.1, 0.15) is 0 Å². The van der Waals surface area contributed by atoms with Crippen molar-refractivity contribution in [2.75, 3.05) is 31.4 Å². The third-order valence-corrected chi connectivity index (χ3v) is 10.5. The van der Waals surface area contributed by atoms with Gasteiger partial charge in [0.15, 0.2) is 11.5 Å². The van der Waals surface area contributed by atoms with Crippen molar-refractivity contribution in [3.8, 4) is 11.5 Å². The van der Waals surface area contributed by atoms with Crippen molar-refractivity contribution in [2.24, 2.45) is 7.05 Å². The number of ketones is 1. The fourth-order valence-electron chi connectivity index (χ4n) is 5.13. The Morgan fingerprint density at radius 2 is 1.80 bits per heavy atom. The minimum absolute atomic E-state index is 0.145. The minimum Gasteiger partial charge on any atom is -0.454 e. The number of hydrogen-bond donors (Lipinski definition) is 1. The van der Waals surface area contributed by atoms with Crippen LogP contribution >= 0.6 is 23.1 Å². The third-order valence-electron chi connectivity index (χ3n) is 7.43. The van der Waals surface area contributed by atoms with E-state index in [1.165, 1.54) is 11.3 Å². The number of carbonyl (C=O) groups excluding carboxylic acids is 2. The first kappa shape index (κ1) is 30.9. The summed E-state index contributed by atoms with van der Waals surface area (Å²) in [6, 6.07) is 24.2. The summed E-state index contributed by atoms with van der Waals surface area (Å²) < 4.78 is 41.3. The number of aryl methyl sites for hydroxylation is 1. The largest absolute Gasteiger partial charge is 0.454 e. The van der Waals surface area contributed by atoms with Gasteiger partial charge >= 0.3 is 0 Å². The van der Waals surface area contributed by atoms with E-state index >= 15 is 0 Å². The molecule has 0 saturated heterocycles. The maximum absolute atomic E-state index is 13.2. The van der Waals surface area contributed by atoms with Crippen molar-refractivity contribution in [1.29, 1.82) is 0 Å². The fourth-order valence-corrected chi connectivity index (χ4v) is 7.75. The highest BCUT2D eigenvalue weighted by Crippen LogP contribution is 2.33. The molecule has 0 spiro atoms. The van der Waals surface area contributed by atoms with Crippen LogP contribution in [0.4, 0.5) is 0 Å². The van der Waals surface area contributed by atoms with Crippen LogP contribution in [0.25, 0.3) is 10.9 Å². The molecule has 0 aliphatic carbocycles. The van der Waals surface area contributed by atoms with Crippen LogP contribution in [0.15, 0.2) is 95.3 Å². The Hall–Kier alpha value is -4.10. The molecule has 12 heteroatoms. The average Bonchev–Trinajstić information content (AvgIpc) is 3.80. The van der Waals surface area contributed by atoms with E-state index in [1.54, 1.807) is 42.2 Å². The summed E-state index contributed by atoms with van der Waals surface area (Å²) in [6.07, 6.45) is 1.73. The second-order valence-corrected chi connectivity index (χ2v) is 14.5. The average molecular weight is 662 g/mol. The summed E-state index contributed by atoms with van der Waals surface area (Å²) in [5.74, 6) is 0.957. The van der Waals surface area contributed by atoms with Gasteiger partial charge in [0.25, 0.3) is 5.91 Å². The quantitative estimate of drug-likeness (QED) is 0.129. The van der Waals surface area contributed by atoms with Crippen LogP contribution in [0.1, 0.15) is 31.2 Å². The number of nitrogens with one attached hydrogen (secondary N) is 1. The number of amides is 1. The van der Waals surface area contributed by atoms with E-state index in [2.05, 4.69) is 9.62 Å². The topological polar surface area (TPSA) is 107 Å². The maximum atomic E-state index is 13.2. The number of carbonyl (C=O) groups is 2. The van der Waals surface area contributed by atoms with Crippen LogP contribution in [0.5, 0.6) is 11.5 Å². The van der Waals surface area contributed by atoms with Crippen LogP contribution in [0.2, 0.25) is 0 Å². The molecular formula is C33H31N3O6S3. The fraction of sp³-hybridized carbons (Fsp3) is 0.212. The number of sulfonamides is 1. The molecule has 232 valence electrons. The molecule has 6 rings (SSSR count). The van der Waals surface area contributed by atoms with Gasteiger partial charge in [0.05, 0.1) is 10.6 Å². The molecule has 1 aliphatic heterocycles. The zero-order valence-electron chi connectivity index (χ0n) is 24.5. The maximum Gasteiger partial charge on any atom is 0.264 e. The van der Waals surface area contributed by atoms with Gasteiger partial charge in [-0.1, -0.05) is 30.3 Å². The van der Waals surface area contributed by atoms with Gasteiger partial charge in [-0.05, 0) is 59.5 Å². The molecule has 0 atom stereocenters. The first-order chi connectivity index (χ1) is 21.8. The van der Waals surface area contributed by atoms with E-state index in [0.29, 0.717) is 40.4 Å². The highest BCUT2D eigenvalue weighted by atomic mass is 32.2. The van der Waals surface area contributed by atoms with E-state index in [1.807, 2.05) is 71.6 Å². The number of hydrogen-bond acceptors (Lipinski definition) is 9. The van der Waals surface area contributed by atoms with Gasteiger partial charge in [0, 0.05) is 65.6 Å². The Bertz CT molecular complexity index is 1940. The number of rotatable bonds is 13. The van der Waals surface area contributed by atoms with E-state index < -0.39 is 15.9 Å². The van der Waals surface area contributed by atoms with Gasteiger partial charge in [-0.15, -0.1) is 23.1 Å². The summed E-state index contributed by atoms with van der Waals surface area (Å²) >= 11 is 3.04. The Labute approximate surface area is 269 Å². The number of nitrogens with zero attached hydrogens (tertiary/aromatic N) is 2. The number of benzene rings is 3. The summed E-state index contributed by atoms with van der Waals surface area (Å²) in [5, 5.41) is 2.42.